The Hall–Kier alpha value is -4.54. The second kappa shape index (κ2) is 19.5. The topological polar surface area (TPSA) is 121 Å². The molecule has 10 heteroatoms. The molecule has 0 aliphatic carbocycles. The zero-order chi connectivity index (χ0) is 34.1. The van der Waals surface area contributed by atoms with Crippen LogP contribution in [0.15, 0.2) is 126 Å². The molecule has 0 bridgehead atoms. The molecule has 10 nitrogen and oxygen atoms in total. The maximum absolute atomic E-state index is 12.5. The number of hydrogen-bond acceptors (Lipinski definition) is 8. The Bertz CT molecular complexity index is 1570. The summed E-state index contributed by atoms with van der Waals surface area (Å²) in [6.45, 7) is 1.55. The smallest absolute Gasteiger partial charge is 0.314 e. The van der Waals surface area contributed by atoms with Crippen molar-refractivity contribution in [2.24, 2.45) is 5.11 Å². The molecule has 1 heterocycles. The van der Waals surface area contributed by atoms with Crippen molar-refractivity contribution < 1.29 is 33.2 Å². The van der Waals surface area contributed by atoms with Gasteiger partial charge in [0.25, 0.3) is 0 Å². The maximum Gasteiger partial charge on any atom is 0.314 e. The fraction of sp³-hybridized carbons (Fsp3) is 0.359. The average molecular weight is 666 g/mol. The van der Waals surface area contributed by atoms with E-state index in [0.717, 1.165) is 22.3 Å². The normalized spacial score (nSPS) is 21.0. The molecule has 0 radical (unpaired) electrons. The molecular formula is C39H43N3O7. The fourth-order valence-electron chi connectivity index (χ4n) is 5.86. The summed E-state index contributed by atoms with van der Waals surface area (Å²) in [5, 5.41) is 3.70. The van der Waals surface area contributed by atoms with Crippen LogP contribution in [0.2, 0.25) is 0 Å². The van der Waals surface area contributed by atoms with Gasteiger partial charge in [0.15, 0.2) is 0 Å². The van der Waals surface area contributed by atoms with E-state index in [1.54, 1.807) is 0 Å². The zero-order valence-corrected chi connectivity index (χ0v) is 27.7. The molecule has 4 aromatic rings. The number of rotatable bonds is 18. The molecule has 0 N–H and O–H groups in total. The van der Waals surface area contributed by atoms with Crippen molar-refractivity contribution in [1.29, 1.82) is 0 Å². The van der Waals surface area contributed by atoms with E-state index in [1.165, 1.54) is 7.11 Å². The summed E-state index contributed by atoms with van der Waals surface area (Å²) in [6, 6.07) is 38.7. The number of esters is 1. The summed E-state index contributed by atoms with van der Waals surface area (Å²) in [7, 11) is 1.27. The number of carbonyl (C=O) groups excluding carboxylic acids is 1. The van der Waals surface area contributed by atoms with Crippen LogP contribution in [0.4, 0.5) is 0 Å². The Morgan fingerprint density at radius 3 is 1.55 bits per heavy atom. The van der Waals surface area contributed by atoms with E-state index in [-0.39, 0.29) is 13.0 Å². The van der Waals surface area contributed by atoms with Gasteiger partial charge >= 0.3 is 5.97 Å². The molecule has 0 unspecified atom stereocenters. The van der Waals surface area contributed by atoms with E-state index in [0.29, 0.717) is 32.8 Å². The second-order valence-corrected chi connectivity index (χ2v) is 11.8. The zero-order valence-electron chi connectivity index (χ0n) is 27.7. The maximum atomic E-state index is 12.5. The van der Waals surface area contributed by atoms with E-state index in [2.05, 4.69) is 10.0 Å². The van der Waals surface area contributed by atoms with Crippen LogP contribution in [0.5, 0.6) is 0 Å². The van der Waals surface area contributed by atoms with Crippen molar-refractivity contribution in [3.8, 4) is 0 Å². The van der Waals surface area contributed by atoms with Crippen molar-refractivity contribution >= 4 is 5.97 Å². The Morgan fingerprint density at radius 2 is 1.10 bits per heavy atom. The summed E-state index contributed by atoms with van der Waals surface area (Å²) < 4.78 is 38.1. The number of ether oxygens (including phenoxy) is 6. The summed E-state index contributed by atoms with van der Waals surface area (Å²) in [5.41, 5.74) is 13.2. The van der Waals surface area contributed by atoms with Crippen LogP contribution in [0.3, 0.4) is 0 Å². The lowest BCUT2D eigenvalue weighted by atomic mass is 9.91. The van der Waals surface area contributed by atoms with Gasteiger partial charge in [-0.15, -0.1) is 0 Å². The van der Waals surface area contributed by atoms with Crippen LogP contribution < -0.4 is 0 Å². The van der Waals surface area contributed by atoms with Crippen molar-refractivity contribution in [1.82, 2.24) is 0 Å². The largest absolute Gasteiger partial charge is 0.469 e. The quantitative estimate of drug-likeness (QED) is 0.0471. The molecule has 1 saturated heterocycles. The van der Waals surface area contributed by atoms with Crippen molar-refractivity contribution in [3.05, 3.63) is 154 Å². The molecule has 0 spiro atoms. The van der Waals surface area contributed by atoms with Crippen LogP contribution in [0.1, 0.15) is 35.1 Å². The average Bonchev–Trinajstić information content (AvgIpc) is 3.16. The molecule has 49 heavy (non-hydrogen) atoms. The number of nitrogens with zero attached hydrogens (tertiary/aromatic N) is 3. The molecule has 0 saturated carbocycles. The molecule has 0 amide bonds. The number of benzene rings is 4. The molecule has 4 aromatic carbocycles. The lowest BCUT2D eigenvalue weighted by Gasteiger charge is -2.46. The fourth-order valence-corrected chi connectivity index (χ4v) is 5.86. The predicted molar refractivity (Wildman–Crippen MR) is 184 cm³/mol. The van der Waals surface area contributed by atoms with Crippen LogP contribution in [-0.2, 0) is 59.6 Å². The Kier molecular flexibility index (Phi) is 14.2. The third-order valence-electron chi connectivity index (χ3n) is 8.37. The van der Waals surface area contributed by atoms with Crippen molar-refractivity contribution in [3.63, 3.8) is 0 Å². The molecule has 1 fully saturated rings. The Labute approximate surface area is 287 Å². The highest BCUT2D eigenvalue weighted by molar-refractivity contribution is 5.75. The third-order valence-corrected chi connectivity index (χ3v) is 8.37. The first kappa shape index (κ1) is 35.8. The summed E-state index contributed by atoms with van der Waals surface area (Å²) in [6.07, 6.45) is -2.38. The minimum Gasteiger partial charge on any atom is -0.469 e. The SMILES string of the molecule is COC(=O)[C@H](CC[C@@H]1O[C@H](COCc2ccccc2)[C@@H](OCc2ccccc2)[C@H](OCc2ccccc2)[C@H]1OCc1ccccc1)N=[N+]=[N-]. The van der Waals surface area contributed by atoms with E-state index in [9.17, 15) is 4.79 Å². The van der Waals surface area contributed by atoms with Gasteiger partial charge in [0.05, 0.1) is 46.2 Å². The molecular weight excluding hydrogens is 622 g/mol. The van der Waals surface area contributed by atoms with Crippen molar-refractivity contribution in [2.75, 3.05) is 13.7 Å². The minimum absolute atomic E-state index is 0.186. The molecule has 5 rings (SSSR count). The van der Waals surface area contributed by atoms with Crippen LogP contribution in [-0.4, -0.2) is 56.2 Å². The first-order chi connectivity index (χ1) is 24.1. The van der Waals surface area contributed by atoms with Gasteiger partial charge in [-0.05, 0) is 40.6 Å². The number of methoxy groups -OCH3 is 1. The molecule has 256 valence electrons. The molecule has 1 aliphatic heterocycles. The first-order valence-corrected chi connectivity index (χ1v) is 16.5. The summed E-state index contributed by atoms with van der Waals surface area (Å²) >= 11 is 0. The standard InChI is InChI=1S/C39H43N3O7/c1-44-39(43)33(41-42-40)22-23-34-36(46-25-30-16-8-3-9-17-30)38(48-27-32-20-12-5-13-21-32)37(47-26-31-18-10-4-11-19-31)35(49-34)28-45-24-29-14-6-2-7-15-29/h2-21,33-38H,22-28H2,1H3/t33-,34-,35+,36-,37+,38+/m0/s1. The Balaban J connectivity index is 1.46. The van der Waals surface area contributed by atoms with Crippen molar-refractivity contribution in [2.45, 2.75) is 75.8 Å². The highest BCUT2D eigenvalue weighted by Crippen LogP contribution is 2.33. The van der Waals surface area contributed by atoms with Crippen LogP contribution in [0, 0.1) is 0 Å². The Morgan fingerprint density at radius 1 is 0.673 bits per heavy atom. The highest BCUT2D eigenvalue weighted by atomic mass is 16.6. The van der Waals surface area contributed by atoms with Crippen LogP contribution >= 0.6 is 0 Å². The highest BCUT2D eigenvalue weighted by Gasteiger charge is 2.48. The molecule has 0 aromatic heterocycles. The number of carbonyl (C=O) groups is 1. The van der Waals surface area contributed by atoms with E-state index >= 15 is 0 Å². The van der Waals surface area contributed by atoms with Gasteiger partial charge in [-0.2, -0.15) is 0 Å². The van der Waals surface area contributed by atoms with Gasteiger partial charge < -0.3 is 28.4 Å². The second-order valence-electron chi connectivity index (χ2n) is 11.8. The number of azide groups is 1. The molecule has 6 atom stereocenters. The summed E-state index contributed by atoms with van der Waals surface area (Å²) in [4.78, 5) is 15.4. The summed E-state index contributed by atoms with van der Waals surface area (Å²) in [5.74, 6) is -0.612. The number of hydrogen-bond donors (Lipinski definition) is 0. The van der Waals surface area contributed by atoms with E-state index in [4.69, 9.17) is 34.0 Å². The van der Waals surface area contributed by atoms with Gasteiger partial charge in [0.1, 0.15) is 30.5 Å². The minimum atomic E-state index is -1.02. The lowest BCUT2D eigenvalue weighted by molar-refractivity contribution is -0.273. The predicted octanol–water partition coefficient (Wildman–Crippen LogP) is 7.36. The van der Waals surface area contributed by atoms with E-state index in [1.807, 2.05) is 121 Å². The third kappa shape index (κ3) is 11.0. The first-order valence-electron chi connectivity index (χ1n) is 16.5. The van der Waals surface area contributed by atoms with Gasteiger partial charge in [-0.1, -0.05) is 126 Å². The van der Waals surface area contributed by atoms with E-state index < -0.39 is 42.5 Å². The van der Waals surface area contributed by atoms with Gasteiger partial charge in [-0.3, -0.25) is 4.79 Å². The van der Waals surface area contributed by atoms with Crippen LogP contribution in [0.25, 0.3) is 10.4 Å². The molecule has 1 aliphatic rings. The van der Waals surface area contributed by atoms with Gasteiger partial charge in [0.2, 0.25) is 0 Å². The van der Waals surface area contributed by atoms with Gasteiger partial charge in [0, 0.05) is 4.91 Å². The van der Waals surface area contributed by atoms with Gasteiger partial charge in [-0.25, -0.2) is 0 Å². The monoisotopic (exact) mass is 665 g/mol. The lowest BCUT2D eigenvalue weighted by Crippen LogP contribution is -2.61.